The van der Waals surface area contributed by atoms with Crippen LogP contribution in [0.2, 0.25) is 0 Å². The predicted molar refractivity (Wildman–Crippen MR) is 81.8 cm³/mol. The molecule has 112 valence electrons. The smallest absolute Gasteiger partial charge is 0.354 e. The van der Waals surface area contributed by atoms with E-state index in [9.17, 15) is 9.59 Å². The Hall–Kier alpha value is -2.69. The number of hydrogen-bond acceptors (Lipinski definition) is 3. The van der Waals surface area contributed by atoms with Crippen LogP contribution in [-0.2, 0) is 0 Å². The highest BCUT2D eigenvalue weighted by Gasteiger charge is 2.19. The molecule has 1 amide bonds. The fourth-order valence-corrected chi connectivity index (χ4v) is 2.63. The van der Waals surface area contributed by atoms with E-state index in [1.807, 2.05) is 29.2 Å². The van der Waals surface area contributed by atoms with E-state index in [1.165, 1.54) is 12.3 Å². The van der Waals surface area contributed by atoms with Gasteiger partial charge in [-0.3, -0.25) is 4.79 Å². The molecule has 1 N–H and O–H groups in total. The lowest BCUT2D eigenvalue weighted by molar-refractivity contribution is 0.0690. The molecule has 0 bridgehead atoms. The minimum Gasteiger partial charge on any atom is -0.477 e. The topological polar surface area (TPSA) is 70.5 Å². The van der Waals surface area contributed by atoms with Crippen LogP contribution < -0.4 is 0 Å². The molecule has 5 heteroatoms. The summed E-state index contributed by atoms with van der Waals surface area (Å²) >= 11 is 0. The maximum absolute atomic E-state index is 12.4. The maximum atomic E-state index is 12.4. The molecule has 1 aromatic heterocycles. The number of carboxylic acid groups (broad SMARTS) is 1. The molecule has 1 aliphatic rings. The van der Waals surface area contributed by atoms with Crippen LogP contribution in [0.4, 0.5) is 0 Å². The summed E-state index contributed by atoms with van der Waals surface area (Å²) in [7, 11) is 0. The number of benzene rings is 1. The van der Waals surface area contributed by atoms with E-state index in [0.717, 1.165) is 37.1 Å². The molecule has 22 heavy (non-hydrogen) atoms. The summed E-state index contributed by atoms with van der Waals surface area (Å²) in [6.45, 7) is 1.63. The number of pyridine rings is 1. The van der Waals surface area contributed by atoms with Crippen LogP contribution in [0.25, 0.3) is 11.1 Å². The Morgan fingerprint density at radius 3 is 2.45 bits per heavy atom. The fourth-order valence-electron chi connectivity index (χ4n) is 2.63. The molecule has 1 aliphatic heterocycles. The van der Waals surface area contributed by atoms with E-state index in [4.69, 9.17) is 5.11 Å². The van der Waals surface area contributed by atoms with Crippen molar-refractivity contribution in [1.29, 1.82) is 0 Å². The lowest BCUT2D eigenvalue weighted by Gasteiger charge is -2.15. The number of nitrogens with zero attached hydrogens (tertiary/aromatic N) is 2. The molecular weight excluding hydrogens is 280 g/mol. The minimum atomic E-state index is -1.05. The third-order valence-electron chi connectivity index (χ3n) is 3.82. The van der Waals surface area contributed by atoms with Crippen LogP contribution in [0.1, 0.15) is 33.7 Å². The number of carbonyl (C=O) groups is 2. The van der Waals surface area contributed by atoms with Crippen LogP contribution in [0, 0.1) is 0 Å². The van der Waals surface area contributed by atoms with E-state index in [2.05, 4.69) is 4.98 Å². The molecule has 0 atom stereocenters. The van der Waals surface area contributed by atoms with E-state index in [0.29, 0.717) is 5.56 Å². The van der Waals surface area contributed by atoms with Crippen molar-refractivity contribution in [3.63, 3.8) is 0 Å². The Balaban J connectivity index is 1.87. The molecule has 1 fully saturated rings. The predicted octanol–water partition coefficient (Wildman–Crippen LogP) is 2.68. The van der Waals surface area contributed by atoms with Gasteiger partial charge in [0.05, 0.1) is 0 Å². The average molecular weight is 296 g/mol. The fraction of sp³-hybridized carbons (Fsp3) is 0.235. The number of likely N-dealkylation sites (tertiary alicyclic amines) is 1. The molecule has 1 aromatic carbocycles. The summed E-state index contributed by atoms with van der Waals surface area (Å²) in [6, 6.07) is 10.5. The van der Waals surface area contributed by atoms with Crippen molar-refractivity contribution in [3.05, 3.63) is 53.9 Å². The molecule has 0 radical (unpaired) electrons. The minimum absolute atomic E-state index is 0.00745. The van der Waals surface area contributed by atoms with Crippen LogP contribution in [0.15, 0.2) is 42.6 Å². The second-order valence-electron chi connectivity index (χ2n) is 5.32. The van der Waals surface area contributed by atoms with Crippen molar-refractivity contribution < 1.29 is 14.7 Å². The van der Waals surface area contributed by atoms with Gasteiger partial charge >= 0.3 is 5.97 Å². The SMILES string of the molecule is O=C(O)c1ccc(-c2cccc(C(=O)N3CCCC3)c2)cn1. The Morgan fingerprint density at radius 2 is 1.82 bits per heavy atom. The lowest BCUT2D eigenvalue weighted by atomic mass is 10.0. The molecule has 0 unspecified atom stereocenters. The maximum Gasteiger partial charge on any atom is 0.354 e. The van der Waals surface area contributed by atoms with E-state index >= 15 is 0 Å². The summed E-state index contributed by atoms with van der Waals surface area (Å²) in [5.41, 5.74) is 2.31. The van der Waals surface area contributed by atoms with Crippen LogP contribution in [0.5, 0.6) is 0 Å². The zero-order chi connectivity index (χ0) is 15.5. The van der Waals surface area contributed by atoms with Gasteiger partial charge < -0.3 is 10.0 Å². The summed E-state index contributed by atoms with van der Waals surface area (Å²) in [4.78, 5) is 29.0. The molecule has 0 spiro atoms. The summed E-state index contributed by atoms with van der Waals surface area (Å²) in [5, 5.41) is 8.87. The second kappa shape index (κ2) is 5.97. The largest absolute Gasteiger partial charge is 0.477 e. The second-order valence-corrected chi connectivity index (χ2v) is 5.32. The first-order valence-corrected chi connectivity index (χ1v) is 7.24. The summed E-state index contributed by atoms with van der Waals surface area (Å²) in [6.07, 6.45) is 3.64. The lowest BCUT2D eigenvalue weighted by Crippen LogP contribution is -2.27. The molecule has 2 aromatic rings. The highest BCUT2D eigenvalue weighted by molar-refractivity contribution is 5.95. The molecule has 0 saturated carbocycles. The van der Waals surface area contributed by atoms with Gasteiger partial charge in [0.15, 0.2) is 0 Å². The zero-order valence-electron chi connectivity index (χ0n) is 12.0. The van der Waals surface area contributed by atoms with Gasteiger partial charge in [-0.2, -0.15) is 0 Å². The van der Waals surface area contributed by atoms with Gasteiger partial charge in [-0.05, 0) is 36.6 Å². The van der Waals surface area contributed by atoms with Crippen LogP contribution >= 0.6 is 0 Å². The standard InChI is InChI=1S/C17H16N2O3/c20-16(19-8-1-2-9-19)13-5-3-4-12(10-13)14-6-7-15(17(21)22)18-11-14/h3-7,10-11H,1-2,8-9H2,(H,21,22). The van der Waals surface area contributed by atoms with Crippen LogP contribution in [0.3, 0.4) is 0 Å². The molecule has 1 saturated heterocycles. The Morgan fingerprint density at radius 1 is 1.05 bits per heavy atom. The Bertz CT molecular complexity index is 704. The molecule has 2 heterocycles. The van der Waals surface area contributed by atoms with Gasteiger partial charge in [0.2, 0.25) is 0 Å². The van der Waals surface area contributed by atoms with Crippen molar-refractivity contribution in [2.75, 3.05) is 13.1 Å². The first-order valence-electron chi connectivity index (χ1n) is 7.24. The number of carboxylic acids is 1. The number of aromatic carboxylic acids is 1. The number of rotatable bonds is 3. The zero-order valence-corrected chi connectivity index (χ0v) is 12.0. The summed E-state index contributed by atoms with van der Waals surface area (Å²) < 4.78 is 0. The summed E-state index contributed by atoms with van der Waals surface area (Å²) in [5.74, 6) is -1.00. The number of carbonyl (C=O) groups excluding carboxylic acids is 1. The normalized spacial score (nSPS) is 14.1. The molecule has 3 rings (SSSR count). The quantitative estimate of drug-likeness (QED) is 0.945. The van der Waals surface area contributed by atoms with Crippen molar-refractivity contribution in [3.8, 4) is 11.1 Å². The van der Waals surface area contributed by atoms with Crippen molar-refractivity contribution in [2.24, 2.45) is 0 Å². The average Bonchev–Trinajstić information content (AvgIpc) is 3.09. The van der Waals surface area contributed by atoms with Gasteiger partial charge in [0, 0.05) is 30.4 Å². The van der Waals surface area contributed by atoms with E-state index in [1.54, 1.807) is 6.07 Å². The Labute approximate surface area is 128 Å². The highest BCUT2D eigenvalue weighted by atomic mass is 16.4. The van der Waals surface area contributed by atoms with Crippen LogP contribution in [-0.4, -0.2) is 40.0 Å². The molecular formula is C17H16N2O3. The number of hydrogen-bond donors (Lipinski definition) is 1. The monoisotopic (exact) mass is 296 g/mol. The van der Waals surface area contributed by atoms with Crippen molar-refractivity contribution in [2.45, 2.75) is 12.8 Å². The Kier molecular flexibility index (Phi) is 3.87. The van der Waals surface area contributed by atoms with Gasteiger partial charge in [-0.25, -0.2) is 9.78 Å². The number of amides is 1. The molecule has 5 nitrogen and oxygen atoms in total. The first-order chi connectivity index (χ1) is 10.6. The third kappa shape index (κ3) is 2.83. The van der Waals surface area contributed by atoms with E-state index in [-0.39, 0.29) is 11.6 Å². The van der Waals surface area contributed by atoms with Gasteiger partial charge in [-0.1, -0.05) is 18.2 Å². The van der Waals surface area contributed by atoms with Gasteiger partial charge in [0.25, 0.3) is 5.91 Å². The van der Waals surface area contributed by atoms with Crippen molar-refractivity contribution in [1.82, 2.24) is 9.88 Å². The molecule has 0 aliphatic carbocycles. The van der Waals surface area contributed by atoms with Gasteiger partial charge in [-0.15, -0.1) is 0 Å². The highest BCUT2D eigenvalue weighted by Crippen LogP contribution is 2.21. The van der Waals surface area contributed by atoms with Crippen molar-refractivity contribution >= 4 is 11.9 Å². The van der Waals surface area contributed by atoms with E-state index < -0.39 is 5.97 Å². The van der Waals surface area contributed by atoms with Gasteiger partial charge in [0.1, 0.15) is 5.69 Å². The first kappa shape index (κ1) is 14.3. The number of aromatic nitrogens is 1. The third-order valence-corrected chi connectivity index (χ3v) is 3.82.